The van der Waals surface area contributed by atoms with Crippen molar-refractivity contribution in [3.63, 3.8) is 0 Å². The van der Waals surface area contributed by atoms with Gasteiger partial charge in [-0.3, -0.25) is 4.79 Å². The van der Waals surface area contributed by atoms with E-state index in [1.807, 2.05) is 0 Å². The van der Waals surface area contributed by atoms with Crippen LogP contribution in [0, 0.1) is 0 Å². The maximum absolute atomic E-state index is 11.2. The average Bonchev–Trinajstić information content (AvgIpc) is 2.02. The fourth-order valence-electron chi connectivity index (χ4n) is 0.804. The first kappa shape index (κ1) is 13.5. The van der Waals surface area contributed by atoms with E-state index in [1.54, 1.807) is 30.9 Å². The zero-order valence-corrected chi connectivity index (χ0v) is 10.2. The van der Waals surface area contributed by atoms with Gasteiger partial charge in [-0.1, -0.05) is 35.4 Å². The van der Waals surface area contributed by atoms with E-state index < -0.39 is 0 Å². The molecular weight excluding hydrogens is 221 g/mol. The minimum Gasteiger partial charge on any atom is -0.335 e. The number of hydrogen-bond donors (Lipinski definition) is 0. The van der Waals surface area contributed by atoms with Gasteiger partial charge < -0.3 is 4.90 Å². The van der Waals surface area contributed by atoms with E-state index in [2.05, 4.69) is 0 Å². The molecule has 0 aromatic heterocycles. The molecule has 4 heteroatoms. The Labute approximate surface area is 95.2 Å². The lowest BCUT2D eigenvalue weighted by molar-refractivity contribution is -0.127. The van der Waals surface area contributed by atoms with Gasteiger partial charge in [0.05, 0.1) is 0 Å². The predicted octanol–water partition coefficient (Wildman–Crippen LogP) is 3.12. The van der Waals surface area contributed by atoms with Crippen LogP contribution in [-0.2, 0) is 4.79 Å². The summed E-state index contributed by atoms with van der Waals surface area (Å²) in [5.74, 6) is 0.00772. The largest absolute Gasteiger partial charge is 0.335 e. The van der Waals surface area contributed by atoms with Crippen molar-refractivity contribution < 1.29 is 4.79 Å². The number of allylic oxidation sites excluding steroid dienone is 2. The molecule has 0 N–H and O–H groups in total. The van der Waals surface area contributed by atoms with E-state index in [9.17, 15) is 4.79 Å². The topological polar surface area (TPSA) is 20.3 Å². The van der Waals surface area contributed by atoms with Gasteiger partial charge in [0.25, 0.3) is 0 Å². The molecule has 0 bridgehead atoms. The van der Waals surface area contributed by atoms with E-state index >= 15 is 0 Å². The smallest absolute Gasteiger partial charge is 0.220 e. The Morgan fingerprint density at radius 3 is 1.64 bits per heavy atom. The number of halogens is 2. The van der Waals surface area contributed by atoms with Crippen molar-refractivity contribution in [2.75, 3.05) is 13.1 Å². The minimum absolute atomic E-state index is 0.00772. The minimum atomic E-state index is 0.00772. The predicted molar refractivity (Wildman–Crippen MR) is 61.5 cm³/mol. The maximum Gasteiger partial charge on any atom is 0.220 e. The van der Waals surface area contributed by atoms with Crippen LogP contribution in [0.5, 0.6) is 0 Å². The highest BCUT2D eigenvalue weighted by Crippen LogP contribution is 2.02. The molecule has 0 aliphatic carbocycles. The van der Waals surface area contributed by atoms with E-state index in [1.165, 1.54) is 6.92 Å². The molecular formula is C10H15Cl2NO. The molecule has 0 unspecified atom stereocenters. The molecule has 0 saturated heterocycles. The molecule has 0 heterocycles. The second-order valence-electron chi connectivity index (χ2n) is 3.01. The molecule has 1 amide bonds. The summed E-state index contributed by atoms with van der Waals surface area (Å²) in [6.45, 7) is 6.12. The highest BCUT2D eigenvalue weighted by atomic mass is 35.5. The van der Waals surface area contributed by atoms with Crippen molar-refractivity contribution in [1.29, 1.82) is 0 Å². The fourth-order valence-corrected chi connectivity index (χ4v) is 0.942. The zero-order valence-electron chi connectivity index (χ0n) is 8.68. The Hall–Kier alpha value is -0.470. The van der Waals surface area contributed by atoms with Gasteiger partial charge in [-0.2, -0.15) is 0 Å². The van der Waals surface area contributed by atoms with Gasteiger partial charge in [0.2, 0.25) is 5.91 Å². The summed E-state index contributed by atoms with van der Waals surface area (Å²) < 4.78 is 0. The lowest BCUT2D eigenvalue weighted by Crippen LogP contribution is -2.29. The Morgan fingerprint density at radius 1 is 1.07 bits per heavy atom. The van der Waals surface area contributed by atoms with Gasteiger partial charge in [-0.25, -0.2) is 0 Å². The quantitative estimate of drug-likeness (QED) is 0.734. The van der Waals surface area contributed by atoms with Gasteiger partial charge in [0.15, 0.2) is 0 Å². The number of amides is 1. The van der Waals surface area contributed by atoms with Gasteiger partial charge in [0.1, 0.15) is 0 Å². The van der Waals surface area contributed by atoms with Crippen LogP contribution in [0.15, 0.2) is 22.2 Å². The lowest BCUT2D eigenvalue weighted by Gasteiger charge is -2.17. The van der Waals surface area contributed by atoms with Crippen molar-refractivity contribution in [2.45, 2.75) is 20.8 Å². The summed E-state index contributed by atoms with van der Waals surface area (Å²) in [5.41, 5.74) is 0. The second-order valence-corrected chi connectivity index (χ2v) is 4.20. The third-order valence-corrected chi connectivity index (χ3v) is 1.94. The summed E-state index contributed by atoms with van der Waals surface area (Å²) in [6, 6.07) is 0. The molecule has 0 radical (unpaired) electrons. The van der Waals surface area contributed by atoms with Crippen molar-refractivity contribution >= 4 is 29.1 Å². The molecule has 0 spiro atoms. The molecule has 0 saturated carbocycles. The van der Waals surface area contributed by atoms with Crippen LogP contribution in [0.3, 0.4) is 0 Å². The number of nitrogens with zero attached hydrogens (tertiary/aromatic N) is 1. The first-order valence-corrected chi connectivity index (χ1v) is 5.09. The molecule has 0 aromatic carbocycles. The monoisotopic (exact) mass is 235 g/mol. The molecule has 0 atom stereocenters. The number of hydrogen-bond acceptors (Lipinski definition) is 1. The zero-order chi connectivity index (χ0) is 11.1. The summed E-state index contributed by atoms with van der Waals surface area (Å²) >= 11 is 11.3. The van der Waals surface area contributed by atoms with Gasteiger partial charge in [-0.15, -0.1) is 0 Å². The molecule has 0 aromatic rings. The van der Waals surface area contributed by atoms with Crippen LogP contribution in [0.25, 0.3) is 0 Å². The van der Waals surface area contributed by atoms with Crippen LogP contribution in [0.1, 0.15) is 20.8 Å². The highest BCUT2D eigenvalue weighted by Gasteiger charge is 2.04. The van der Waals surface area contributed by atoms with Crippen molar-refractivity contribution in [2.24, 2.45) is 0 Å². The van der Waals surface area contributed by atoms with Crippen LogP contribution in [-0.4, -0.2) is 23.9 Å². The summed E-state index contributed by atoms with van der Waals surface area (Å²) in [5, 5.41) is 1.37. The molecule has 80 valence electrons. The Balaban J connectivity index is 4.24. The van der Waals surface area contributed by atoms with Crippen molar-refractivity contribution in [1.82, 2.24) is 4.90 Å². The molecule has 0 aliphatic heterocycles. The van der Waals surface area contributed by atoms with E-state index in [-0.39, 0.29) is 5.91 Å². The van der Waals surface area contributed by atoms with E-state index in [0.717, 1.165) is 0 Å². The Morgan fingerprint density at radius 2 is 1.43 bits per heavy atom. The third-order valence-electron chi connectivity index (χ3n) is 1.63. The normalized spacial score (nSPS) is 12.9. The van der Waals surface area contributed by atoms with E-state index in [0.29, 0.717) is 23.2 Å². The second kappa shape index (κ2) is 6.91. The van der Waals surface area contributed by atoms with Crippen LogP contribution in [0.2, 0.25) is 0 Å². The van der Waals surface area contributed by atoms with Gasteiger partial charge >= 0.3 is 0 Å². The van der Waals surface area contributed by atoms with Gasteiger partial charge in [0, 0.05) is 30.1 Å². The summed E-state index contributed by atoms with van der Waals surface area (Å²) in [7, 11) is 0. The summed E-state index contributed by atoms with van der Waals surface area (Å²) in [4.78, 5) is 12.8. The standard InChI is InChI=1S/C10H15Cl2NO/c1-8(11)4-6-13(10(3)14)7-5-9(2)12/h4-5H,6-7H2,1-3H3. The molecule has 0 rings (SSSR count). The van der Waals surface area contributed by atoms with Gasteiger partial charge in [-0.05, 0) is 13.8 Å². The maximum atomic E-state index is 11.2. The lowest BCUT2D eigenvalue weighted by atomic mass is 10.4. The van der Waals surface area contributed by atoms with Crippen molar-refractivity contribution in [3.8, 4) is 0 Å². The van der Waals surface area contributed by atoms with Crippen LogP contribution < -0.4 is 0 Å². The Bertz CT molecular complexity index is 231. The number of rotatable bonds is 4. The molecule has 0 aliphatic rings. The third kappa shape index (κ3) is 6.98. The first-order valence-electron chi connectivity index (χ1n) is 4.33. The number of carbonyl (C=O) groups excluding carboxylic acids is 1. The molecule has 0 fully saturated rings. The average molecular weight is 236 g/mol. The summed E-state index contributed by atoms with van der Waals surface area (Å²) in [6.07, 6.45) is 3.58. The molecule has 2 nitrogen and oxygen atoms in total. The Kier molecular flexibility index (Phi) is 6.67. The van der Waals surface area contributed by atoms with E-state index in [4.69, 9.17) is 23.2 Å². The SMILES string of the molecule is CC(=O)N(CC=C(C)Cl)CC=C(C)Cl. The first-order chi connectivity index (χ1) is 6.43. The van der Waals surface area contributed by atoms with Crippen LogP contribution in [0.4, 0.5) is 0 Å². The number of carbonyl (C=O) groups is 1. The highest BCUT2D eigenvalue weighted by molar-refractivity contribution is 6.29. The fraction of sp³-hybridized carbons (Fsp3) is 0.500. The van der Waals surface area contributed by atoms with Crippen molar-refractivity contribution in [3.05, 3.63) is 22.2 Å². The van der Waals surface area contributed by atoms with Crippen LogP contribution >= 0.6 is 23.2 Å². The molecule has 14 heavy (non-hydrogen) atoms.